The maximum absolute atomic E-state index is 14.8. The van der Waals surface area contributed by atoms with Gasteiger partial charge in [-0.15, -0.1) is 0 Å². The van der Waals surface area contributed by atoms with E-state index in [9.17, 15) is 33.6 Å². The van der Waals surface area contributed by atoms with Crippen LogP contribution in [0.1, 0.15) is 128 Å². The second-order valence-electron chi connectivity index (χ2n) is 28.3. The Labute approximate surface area is 637 Å². The number of likely N-dealkylation sites (tertiary alicyclic amines) is 1. The number of esters is 1. The van der Waals surface area contributed by atoms with Crippen molar-refractivity contribution in [1.29, 1.82) is 0 Å². The van der Waals surface area contributed by atoms with Gasteiger partial charge < -0.3 is 88.6 Å². The summed E-state index contributed by atoms with van der Waals surface area (Å²) in [5, 5.41) is 12.1. The Morgan fingerprint density at radius 2 is 1.35 bits per heavy atom. The maximum atomic E-state index is 14.8. The van der Waals surface area contributed by atoms with Gasteiger partial charge in [-0.2, -0.15) is 0 Å². The number of nitrogens with zero attached hydrogens (tertiary/aromatic N) is 4. The molecule has 27 heteroatoms. The van der Waals surface area contributed by atoms with E-state index in [1.54, 1.807) is 55.8 Å². The molecule has 5 aromatic rings. The van der Waals surface area contributed by atoms with E-state index in [0.717, 1.165) is 33.6 Å². The van der Waals surface area contributed by atoms with Gasteiger partial charge >= 0.3 is 5.97 Å². The first-order valence-corrected chi connectivity index (χ1v) is 37.9. The number of rotatable bonds is 50. The molecule has 0 saturated carbocycles. The minimum atomic E-state index is -1.42. The molecule has 3 heterocycles. The summed E-state index contributed by atoms with van der Waals surface area (Å²) in [6.45, 7) is 23.6. The summed E-state index contributed by atoms with van der Waals surface area (Å²) in [5.41, 5.74) is 9.63. The number of fused-ring (bicyclic) bond motifs is 1. The van der Waals surface area contributed by atoms with Crippen LogP contribution in [0.25, 0.3) is 16.9 Å². The molecule has 107 heavy (non-hydrogen) atoms. The van der Waals surface area contributed by atoms with Crippen molar-refractivity contribution in [3.63, 3.8) is 0 Å². The highest BCUT2D eigenvalue weighted by Gasteiger charge is 2.44. The number of aryl methyl sites for hydroxylation is 1. The zero-order chi connectivity index (χ0) is 78.0. The van der Waals surface area contributed by atoms with Crippen molar-refractivity contribution < 1.29 is 80.9 Å². The summed E-state index contributed by atoms with van der Waals surface area (Å²) in [6, 6.07) is 22.2. The molecule has 2 aromatic heterocycles. The third-order valence-corrected chi connectivity index (χ3v) is 19.3. The van der Waals surface area contributed by atoms with Crippen molar-refractivity contribution in [3.05, 3.63) is 125 Å². The molecule has 1 saturated heterocycles. The van der Waals surface area contributed by atoms with Gasteiger partial charge in [0, 0.05) is 83.2 Å². The number of likely N-dealkylation sites (N-methyl/N-ethyl adjacent to an activating group) is 1. The Hall–Kier alpha value is -7.63. The number of methoxy groups -OCH3 is 2. The number of hydrogen-bond donors (Lipinski definition) is 5. The van der Waals surface area contributed by atoms with Crippen molar-refractivity contribution >= 4 is 58.7 Å². The van der Waals surface area contributed by atoms with Crippen molar-refractivity contribution in [2.24, 2.45) is 23.5 Å². The van der Waals surface area contributed by atoms with Crippen LogP contribution in [0.15, 0.2) is 97.3 Å². The van der Waals surface area contributed by atoms with Crippen molar-refractivity contribution in [2.45, 2.75) is 175 Å². The van der Waals surface area contributed by atoms with Crippen LogP contribution < -0.4 is 31.7 Å². The van der Waals surface area contributed by atoms with Gasteiger partial charge in [-0.3, -0.25) is 28.8 Å². The van der Waals surface area contributed by atoms with Crippen LogP contribution in [-0.4, -0.2) is 235 Å². The zero-order valence-electron chi connectivity index (χ0n) is 65.0. The topological polar surface area (TPSA) is 310 Å². The molecular weight excluding hydrogens is 1390 g/mol. The molecule has 6 N–H and O–H groups in total. The highest BCUT2D eigenvalue weighted by atomic mass is 35.5. The van der Waals surface area contributed by atoms with E-state index >= 15 is 0 Å². The Morgan fingerprint density at radius 1 is 0.729 bits per heavy atom. The predicted octanol–water partition coefficient (Wildman–Crippen LogP) is 8.16. The number of aromatic nitrogens is 2. The third kappa shape index (κ3) is 28.4. The lowest BCUT2D eigenvalue weighted by Gasteiger charge is -2.41. The molecule has 0 radical (unpaired) electrons. The molecule has 1 aliphatic rings. The number of amides is 6. The molecule has 6 amide bonds. The van der Waals surface area contributed by atoms with E-state index in [1.807, 2.05) is 132 Å². The van der Waals surface area contributed by atoms with Gasteiger partial charge in [0.15, 0.2) is 0 Å². The number of carbonyl (C=O) groups is 7. The Bertz CT molecular complexity index is 3550. The fourth-order valence-corrected chi connectivity index (χ4v) is 13.1. The summed E-state index contributed by atoms with van der Waals surface area (Å²) in [7, 11) is 4.65. The SMILES string of the molecule is CC[C@H](C)C(C(CC(=O)N1CCC[C@H]1C(OC)[C@@H](C)C(=O)N[C@@H](Cc1ccccc1)C(=O)OCC[C@H](Cc1ccc(-c2cn3cccc(C)c3n2)cc1)NC(=O)c1ccc(OC(C)C)c(Cl)c1)OC)N(C)C(=O)[C@@H](NC(=O)C(C)(C)NC(=O)CCOCCOCCOCCOCCOCCOCCN)C(C)C. The number of nitrogens with two attached hydrogens (primary N) is 1. The van der Waals surface area contributed by atoms with Crippen LogP contribution in [0.2, 0.25) is 5.02 Å². The van der Waals surface area contributed by atoms with E-state index in [4.69, 9.17) is 69.7 Å². The smallest absolute Gasteiger partial charge is 0.328 e. The number of benzene rings is 3. The van der Waals surface area contributed by atoms with Crippen LogP contribution in [0.5, 0.6) is 5.75 Å². The van der Waals surface area contributed by atoms with Gasteiger partial charge in [0.2, 0.25) is 29.5 Å². The first-order chi connectivity index (χ1) is 51.3. The normalized spacial score (nSPS) is 15.4. The first-order valence-electron chi connectivity index (χ1n) is 37.5. The highest BCUT2D eigenvalue weighted by molar-refractivity contribution is 6.32. The van der Waals surface area contributed by atoms with Crippen LogP contribution in [0.3, 0.4) is 0 Å². The number of imidazole rings is 1. The standard InChI is InChI=1S/C80H118ClN9O17/c1-14-55(6)72(88(11)77(95)71(53(2)3)86-79(97)80(9,10)87-69(91)31-35-100-38-40-102-42-44-104-46-47-105-45-43-103-41-39-101-37-32-82)68(98-12)51-70(92)90-34-19-23-66(90)73(99-13)57(8)75(93)85-64(49-58-21-16-15-17-22-58)78(96)106-36-30-62(83-76(94)61-28-29-67(63(81)50-61)107-54(4)5)48-59-24-26-60(27-25-59)65-52-89-33-18-20-56(7)74(89)84-65/h15-18,20-22,24-29,33,50,52-55,57,62,64,66,68,71-73H,14,19,23,30-32,34-49,51,82H2,1-13H3,(H,83,94)(H,85,93)(H,86,97)(H,87,91)/t55-,57+,62+,64-,66-,68?,71-,72?,73?/m0/s1. The van der Waals surface area contributed by atoms with Crippen LogP contribution in [0, 0.1) is 24.7 Å². The summed E-state index contributed by atoms with van der Waals surface area (Å²) < 4.78 is 59.0. The van der Waals surface area contributed by atoms with Crippen LogP contribution in [-0.2, 0) is 84.2 Å². The molecule has 592 valence electrons. The van der Waals surface area contributed by atoms with E-state index in [0.29, 0.717) is 116 Å². The number of ether oxygens (including phenoxy) is 10. The fraction of sp³-hybridized carbons (Fsp3) is 0.600. The summed E-state index contributed by atoms with van der Waals surface area (Å²) in [4.78, 5) is 108. The average molecular weight is 1510 g/mol. The number of nitrogens with one attached hydrogen (secondary N) is 4. The molecule has 6 rings (SSSR count). The molecule has 3 aromatic carbocycles. The first kappa shape index (κ1) is 88.3. The molecular formula is C80H118ClN9O17. The number of pyridine rings is 1. The minimum absolute atomic E-state index is 0.0214. The second kappa shape index (κ2) is 46.0. The lowest BCUT2D eigenvalue weighted by molar-refractivity contribution is -0.150. The van der Waals surface area contributed by atoms with Crippen LogP contribution >= 0.6 is 11.6 Å². The molecule has 9 atom stereocenters. The summed E-state index contributed by atoms with van der Waals surface area (Å²) in [6.07, 6.45) is 4.51. The minimum Gasteiger partial charge on any atom is -0.489 e. The highest BCUT2D eigenvalue weighted by Crippen LogP contribution is 2.32. The fourth-order valence-electron chi connectivity index (χ4n) is 12.9. The summed E-state index contributed by atoms with van der Waals surface area (Å²) >= 11 is 6.60. The van der Waals surface area contributed by atoms with E-state index < -0.39 is 83.5 Å². The molecule has 0 spiro atoms. The number of halogens is 1. The van der Waals surface area contributed by atoms with Gasteiger partial charge in [-0.25, -0.2) is 9.78 Å². The average Bonchev–Trinajstić information content (AvgIpc) is 1.71. The monoisotopic (exact) mass is 1510 g/mol. The molecule has 1 aliphatic heterocycles. The lowest BCUT2D eigenvalue weighted by atomic mass is 9.89. The Kier molecular flexibility index (Phi) is 38.0. The number of carbonyl (C=O) groups excluding carboxylic acids is 7. The second-order valence-corrected chi connectivity index (χ2v) is 28.7. The lowest BCUT2D eigenvalue weighted by Crippen LogP contribution is -2.62. The van der Waals surface area contributed by atoms with Gasteiger partial charge in [0.05, 0.1) is 139 Å². The van der Waals surface area contributed by atoms with Gasteiger partial charge in [-0.1, -0.05) is 113 Å². The van der Waals surface area contributed by atoms with Gasteiger partial charge in [0.25, 0.3) is 5.91 Å². The largest absolute Gasteiger partial charge is 0.489 e. The van der Waals surface area contributed by atoms with Gasteiger partial charge in [0.1, 0.15) is 29.0 Å². The molecule has 0 aliphatic carbocycles. The summed E-state index contributed by atoms with van der Waals surface area (Å²) in [5.74, 6) is -4.20. The van der Waals surface area contributed by atoms with E-state index in [2.05, 4.69) is 21.3 Å². The maximum Gasteiger partial charge on any atom is 0.328 e. The molecule has 26 nitrogen and oxygen atoms in total. The van der Waals surface area contributed by atoms with E-state index in [-0.39, 0.29) is 80.3 Å². The van der Waals surface area contributed by atoms with Crippen molar-refractivity contribution in [2.75, 3.05) is 120 Å². The molecule has 0 bridgehead atoms. The van der Waals surface area contributed by atoms with Crippen LogP contribution in [0.4, 0.5) is 0 Å². The molecule has 1 fully saturated rings. The predicted molar refractivity (Wildman–Crippen MR) is 409 cm³/mol. The zero-order valence-corrected chi connectivity index (χ0v) is 65.8. The van der Waals surface area contributed by atoms with Crippen molar-refractivity contribution in [3.8, 4) is 17.0 Å². The molecule has 3 unspecified atom stereocenters. The Balaban J connectivity index is 1.03. The van der Waals surface area contributed by atoms with E-state index in [1.165, 1.54) is 14.2 Å². The quantitative estimate of drug-likeness (QED) is 0.0181. The van der Waals surface area contributed by atoms with Crippen molar-refractivity contribution in [1.82, 2.24) is 40.5 Å². The van der Waals surface area contributed by atoms with Gasteiger partial charge in [-0.05, 0) is 107 Å². The number of hydrogen-bond acceptors (Lipinski definition) is 19. The Morgan fingerprint density at radius 3 is 1.92 bits per heavy atom. The third-order valence-electron chi connectivity index (χ3n) is 19.0.